The maximum atomic E-state index is 12.2. The third-order valence-electron chi connectivity index (χ3n) is 3.88. The number of benzene rings is 1. The Balaban J connectivity index is 2.21. The number of carbonyl (C=O) groups excluding carboxylic acids is 1. The quantitative estimate of drug-likeness (QED) is 0.381. The molecule has 0 aromatic heterocycles. The summed E-state index contributed by atoms with van der Waals surface area (Å²) in [5, 5.41) is 29.7. The van der Waals surface area contributed by atoms with Crippen LogP contribution >= 0.6 is 0 Å². The molecule has 1 aliphatic heterocycles. The summed E-state index contributed by atoms with van der Waals surface area (Å²) < 4.78 is 0. The van der Waals surface area contributed by atoms with E-state index in [4.69, 9.17) is 0 Å². The molecule has 1 aromatic rings. The van der Waals surface area contributed by atoms with E-state index < -0.39 is 22.1 Å². The highest BCUT2D eigenvalue weighted by atomic mass is 16.6. The van der Waals surface area contributed by atoms with E-state index >= 15 is 0 Å². The molecule has 2 N–H and O–H groups in total. The molecular formula is C14H18N2O5. The van der Waals surface area contributed by atoms with Gasteiger partial charge in [0.15, 0.2) is 11.5 Å². The first-order valence-electron chi connectivity index (χ1n) is 6.87. The average Bonchev–Trinajstić information content (AvgIpc) is 2.43. The van der Waals surface area contributed by atoms with Crippen molar-refractivity contribution in [2.45, 2.75) is 32.2 Å². The first-order chi connectivity index (χ1) is 9.90. The van der Waals surface area contributed by atoms with Crippen LogP contribution in [0.3, 0.4) is 0 Å². The number of phenols is 2. The van der Waals surface area contributed by atoms with Crippen molar-refractivity contribution >= 4 is 11.5 Å². The van der Waals surface area contributed by atoms with Crippen molar-refractivity contribution in [3.05, 3.63) is 27.8 Å². The molecule has 1 aromatic carbocycles. The van der Waals surface area contributed by atoms with Crippen LogP contribution in [-0.4, -0.2) is 45.0 Å². The number of hydrogen-bond donors (Lipinski definition) is 2. The maximum Gasteiger partial charge on any atom is 0.315 e. The van der Waals surface area contributed by atoms with Crippen molar-refractivity contribution in [1.82, 2.24) is 4.90 Å². The molecule has 1 fully saturated rings. The standard InChI is InChI=1S/C14H18N2O5/c1-9-4-2-3-5-15(9)8-13(18)10-6-11(16(20)21)14(19)12(17)7-10/h6-7,9,17,19H,2-5,8H2,1H3. The van der Waals surface area contributed by atoms with E-state index in [0.29, 0.717) is 6.04 Å². The van der Waals surface area contributed by atoms with Gasteiger partial charge >= 0.3 is 5.69 Å². The summed E-state index contributed by atoms with van der Waals surface area (Å²) in [6, 6.07) is 2.37. The van der Waals surface area contributed by atoms with Gasteiger partial charge in [-0.05, 0) is 32.4 Å². The third kappa shape index (κ3) is 3.30. The number of nitro groups is 1. The Hall–Kier alpha value is -2.15. The van der Waals surface area contributed by atoms with Crippen LogP contribution in [0.2, 0.25) is 0 Å². The Morgan fingerprint density at radius 3 is 2.76 bits per heavy atom. The molecule has 0 radical (unpaired) electrons. The Bertz CT molecular complexity index is 573. The van der Waals surface area contributed by atoms with Gasteiger partial charge in [0, 0.05) is 17.7 Å². The molecule has 21 heavy (non-hydrogen) atoms. The van der Waals surface area contributed by atoms with E-state index in [2.05, 4.69) is 0 Å². The van der Waals surface area contributed by atoms with E-state index in [1.165, 1.54) is 0 Å². The molecule has 7 nitrogen and oxygen atoms in total. The predicted molar refractivity (Wildman–Crippen MR) is 75.6 cm³/mol. The summed E-state index contributed by atoms with van der Waals surface area (Å²) in [5.41, 5.74) is -0.625. The fourth-order valence-electron chi connectivity index (χ4n) is 2.57. The van der Waals surface area contributed by atoms with Crippen molar-refractivity contribution in [2.75, 3.05) is 13.1 Å². The van der Waals surface area contributed by atoms with Gasteiger partial charge in [-0.2, -0.15) is 0 Å². The maximum absolute atomic E-state index is 12.2. The number of nitro benzene ring substituents is 1. The van der Waals surface area contributed by atoms with Gasteiger partial charge in [0.05, 0.1) is 11.5 Å². The Morgan fingerprint density at radius 2 is 2.14 bits per heavy atom. The van der Waals surface area contributed by atoms with Gasteiger partial charge in [-0.3, -0.25) is 19.8 Å². The number of Topliss-reactive ketones (excluding diaryl/α,β-unsaturated/α-hetero) is 1. The Morgan fingerprint density at radius 1 is 1.43 bits per heavy atom. The second-order valence-electron chi connectivity index (χ2n) is 5.36. The van der Waals surface area contributed by atoms with E-state index in [0.717, 1.165) is 37.9 Å². The molecule has 1 atom stereocenters. The molecule has 7 heteroatoms. The molecule has 0 spiro atoms. The zero-order chi connectivity index (χ0) is 15.6. The van der Waals surface area contributed by atoms with Crippen LogP contribution in [0.1, 0.15) is 36.5 Å². The van der Waals surface area contributed by atoms with Crippen LogP contribution in [0.4, 0.5) is 5.69 Å². The molecular weight excluding hydrogens is 276 g/mol. The first kappa shape index (κ1) is 15.2. The predicted octanol–water partition coefficient (Wildman–Crippen LogP) is 2.06. The van der Waals surface area contributed by atoms with Gasteiger partial charge in [-0.25, -0.2) is 0 Å². The SMILES string of the molecule is CC1CCCCN1CC(=O)c1cc(O)c(O)c([N+](=O)[O-])c1. The van der Waals surface area contributed by atoms with Gasteiger partial charge in [-0.15, -0.1) is 0 Å². The van der Waals surface area contributed by atoms with Crippen molar-refractivity contribution in [3.8, 4) is 11.5 Å². The van der Waals surface area contributed by atoms with E-state index in [1.54, 1.807) is 0 Å². The molecule has 2 rings (SSSR count). The summed E-state index contributed by atoms with van der Waals surface area (Å²) in [6.07, 6.45) is 3.18. The minimum Gasteiger partial charge on any atom is -0.504 e. The largest absolute Gasteiger partial charge is 0.504 e. The molecule has 1 saturated heterocycles. The molecule has 1 unspecified atom stereocenters. The number of carbonyl (C=O) groups is 1. The van der Waals surface area contributed by atoms with Crippen LogP contribution in [-0.2, 0) is 0 Å². The molecule has 0 aliphatic carbocycles. The zero-order valence-electron chi connectivity index (χ0n) is 11.8. The lowest BCUT2D eigenvalue weighted by atomic mass is 10.0. The number of nitrogens with zero attached hydrogens (tertiary/aromatic N) is 2. The topological polar surface area (TPSA) is 104 Å². The lowest BCUT2D eigenvalue weighted by Crippen LogP contribution is -2.40. The highest BCUT2D eigenvalue weighted by molar-refractivity contribution is 5.99. The second kappa shape index (κ2) is 6.09. The van der Waals surface area contributed by atoms with Crippen molar-refractivity contribution in [2.24, 2.45) is 0 Å². The van der Waals surface area contributed by atoms with Crippen molar-refractivity contribution in [3.63, 3.8) is 0 Å². The molecule has 0 saturated carbocycles. The summed E-state index contributed by atoms with van der Waals surface area (Å²) in [7, 11) is 0. The molecule has 1 aliphatic rings. The smallest absolute Gasteiger partial charge is 0.315 e. The highest BCUT2D eigenvalue weighted by Gasteiger charge is 2.25. The number of phenolic OH excluding ortho intramolecular Hbond substituents is 2. The van der Waals surface area contributed by atoms with Crippen LogP contribution in [0.5, 0.6) is 11.5 Å². The number of rotatable bonds is 4. The van der Waals surface area contributed by atoms with Crippen LogP contribution < -0.4 is 0 Å². The summed E-state index contributed by atoms with van der Waals surface area (Å²) in [5.74, 6) is -1.77. The van der Waals surface area contributed by atoms with Crippen LogP contribution in [0, 0.1) is 10.1 Å². The minimum absolute atomic E-state index is 0.0368. The third-order valence-corrected chi connectivity index (χ3v) is 3.88. The Kier molecular flexibility index (Phi) is 4.42. The Labute approximate surface area is 122 Å². The van der Waals surface area contributed by atoms with E-state index in [1.807, 2.05) is 11.8 Å². The van der Waals surface area contributed by atoms with Gasteiger partial charge in [0.1, 0.15) is 0 Å². The fraction of sp³-hybridized carbons (Fsp3) is 0.500. The second-order valence-corrected chi connectivity index (χ2v) is 5.36. The van der Waals surface area contributed by atoms with Gasteiger partial charge < -0.3 is 10.2 Å². The average molecular weight is 294 g/mol. The van der Waals surface area contributed by atoms with Crippen LogP contribution in [0.15, 0.2) is 12.1 Å². The van der Waals surface area contributed by atoms with E-state index in [9.17, 15) is 25.1 Å². The minimum atomic E-state index is -0.824. The lowest BCUT2D eigenvalue weighted by Gasteiger charge is -2.32. The van der Waals surface area contributed by atoms with Gasteiger partial charge in [0.2, 0.25) is 5.75 Å². The van der Waals surface area contributed by atoms with Crippen LogP contribution in [0.25, 0.3) is 0 Å². The zero-order valence-corrected chi connectivity index (χ0v) is 11.8. The van der Waals surface area contributed by atoms with E-state index in [-0.39, 0.29) is 17.9 Å². The lowest BCUT2D eigenvalue weighted by molar-refractivity contribution is -0.386. The summed E-state index contributed by atoms with van der Waals surface area (Å²) in [4.78, 5) is 24.2. The summed E-state index contributed by atoms with van der Waals surface area (Å²) >= 11 is 0. The number of hydrogen-bond acceptors (Lipinski definition) is 6. The molecule has 0 bridgehead atoms. The number of likely N-dealkylation sites (tertiary alicyclic amines) is 1. The van der Waals surface area contributed by atoms with Crippen molar-refractivity contribution < 1.29 is 19.9 Å². The normalized spacial score (nSPS) is 19.4. The number of ketones is 1. The number of piperidine rings is 1. The fourth-order valence-corrected chi connectivity index (χ4v) is 2.57. The highest BCUT2D eigenvalue weighted by Crippen LogP contribution is 2.36. The first-order valence-corrected chi connectivity index (χ1v) is 6.87. The number of aromatic hydroxyl groups is 2. The molecule has 0 amide bonds. The molecule has 114 valence electrons. The van der Waals surface area contributed by atoms with Gasteiger partial charge in [-0.1, -0.05) is 6.42 Å². The summed E-state index contributed by atoms with van der Waals surface area (Å²) in [6.45, 7) is 3.02. The van der Waals surface area contributed by atoms with Crippen molar-refractivity contribution in [1.29, 1.82) is 0 Å². The molecule has 1 heterocycles. The van der Waals surface area contributed by atoms with Gasteiger partial charge in [0.25, 0.3) is 0 Å². The monoisotopic (exact) mass is 294 g/mol.